The average molecular weight is 364 g/mol. The molecule has 2 N–H and O–H groups in total. The van der Waals surface area contributed by atoms with Crippen molar-refractivity contribution in [1.29, 1.82) is 0 Å². The summed E-state index contributed by atoms with van der Waals surface area (Å²) in [5.74, 6) is -0.732. The van der Waals surface area contributed by atoms with Gasteiger partial charge in [0.05, 0.1) is 18.4 Å². The molecule has 0 aliphatic rings. The molecular formula is C12H14BrNO5S. The van der Waals surface area contributed by atoms with Crippen LogP contribution in [-0.4, -0.2) is 33.1 Å². The quantitative estimate of drug-likeness (QED) is 0.765. The third-order valence-electron chi connectivity index (χ3n) is 2.35. The predicted octanol–water partition coefficient (Wildman–Crippen LogP) is 1.51. The van der Waals surface area contributed by atoms with Crippen molar-refractivity contribution < 1.29 is 23.1 Å². The number of methoxy groups -OCH3 is 1. The summed E-state index contributed by atoms with van der Waals surface area (Å²) in [6, 6.07) is 4.17. The maximum absolute atomic E-state index is 12.1. The fourth-order valence-corrected chi connectivity index (χ4v) is 3.07. The van der Waals surface area contributed by atoms with Crippen LogP contribution >= 0.6 is 15.9 Å². The first-order valence-corrected chi connectivity index (χ1v) is 7.75. The van der Waals surface area contributed by atoms with Gasteiger partial charge in [0.2, 0.25) is 10.0 Å². The Morgan fingerprint density at radius 1 is 1.50 bits per heavy atom. The van der Waals surface area contributed by atoms with Crippen LogP contribution in [0, 0.1) is 0 Å². The molecule has 0 heterocycles. The van der Waals surface area contributed by atoms with E-state index in [0.717, 1.165) is 0 Å². The summed E-state index contributed by atoms with van der Waals surface area (Å²) in [4.78, 5) is 10.7. The fourth-order valence-electron chi connectivity index (χ4n) is 1.50. The number of hydrogen-bond acceptors (Lipinski definition) is 4. The van der Waals surface area contributed by atoms with E-state index in [0.29, 0.717) is 10.2 Å². The second-order valence-electron chi connectivity index (χ2n) is 3.89. The van der Waals surface area contributed by atoms with E-state index in [1.165, 1.54) is 25.3 Å². The minimum atomic E-state index is -3.82. The number of aliphatic carboxylic acids is 1. The third kappa shape index (κ3) is 4.62. The number of nitrogens with one attached hydrogen (secondary N) is 1. The van der Waals surface area contributed by atoms with E-state index in [1.54, 1.807) is 0 Å². The van der Waals surface area contributed by atoms with Gasteiger partial charge in [-0.2, -0.15) is 0 Å². The second kappa shape index (κ2) is 6.87. The van der Waals surface area contributed by atoms with E-state index in [9.17, 15) is 13.2 Å². The molecule has 1 aromatic carbocycles. The molecule has 0 atom stereocenters. The van der Waals surface area contributed by atoms with E-state index in [4.69, 9.17) is 9.84 Å². The molecule has 0 aliphatic heterocycles. The van der Waals surface area contributed by atoms with Gasteiger partial charge in [-0.15, -0.1) is 0 Å². The zero-order valence-corrected chi connectivity index (χ0v) is 13.1. The Kier molecular flexibility index (Phi) is 5.73. The molecule has 20 heavy (non-hydrogen) atoms. The number of sulfonamides is 1. The Hall–Kier alpha value is -1.38. The van der Waals surface area contributed by atoms with Gasteiger partial charge in [-0.3, -0.25) is 4.79 Å². The lowest BCUT2D eigenvalue weighted by molar-refractivity contribution is -0.136. The fraction of sp³-hybridized carbons (Fsp3) is 0.250. The maximum atomic E-state index is 12.1. The number of carbonyl (C=O) groups is 1. The van der Waals surface area contributed by atoms with Crippen LogP contribution in [0.4, 0.5) is 0 Å². The zero-order chi connectivity index (χ0) is 15.3. The molecule has 0 amide bonds. The van der Waals surface area contributed by atoms with Gasteiger partial charge in [-0.25, -0.2) is 13.1 Å². The number of rotatable bonds is 7. The number of carboxylic acids is 1. The van der Waals surface area contributed by atoms with Gasteiger partial charge in [-0.05, 0) is 23.8 Å². The number of carboxylic acid groups (broad SMARTS) is 1. The summed E-state index contributed by atoms with van der Waals surface area (Å²) in [7, 11) is -2.40. The lowest BCUT2D eigenvalue weighted by Gasteiger charge is -2.11. The molecule has 0 spiro atoms. The molecule has 1 aromatic rings. The normalized spacial score (nSPS) is 11.1. The number of halogens is 1. The predicted molar refractivity (Wildman–Crippen MR) is 77.6 cm³/mol. The standard InChI is InChI=1S/C12H14BrNO5S/c1-8(13)7-14-20(17,18)11-4-3-10(19-2)5-9(11)6-12(15)16/h3-5,14H,1,6-7H2,2H3,(H,15,16). The molecule has 0 fully saturated rings. The van der Waals surface area contributed by atoms with Crippen molar-refractivity contribution in [3.8, 4) is 5.75 Å². The molecule has 0 saturated carbocycles. The molecule has 0 unspecified atom stereocenters. The first kappa shape index (κ1) is 16.7. The molecule has 0 aromatic heterocycles. The van der Waals surface area contributed by atoms with E-state index < -0.39 is 22.4 Å². The number of ether oxygens (including phenoxy) is 1. The Labute approximate surface area is 125 Å². The topological polar surface area (TPSA) is 92.7 Å². The summed E-state index contributed by atoms with van der Waals surface area (Å²) in [5, 5.41) is 8.86. The third-order valence-corrected chi connectivity index (χ3v) is 4.13. The summed E-state index contributed by atoms with van der Waals surface area (Å²) >= 11 is 3.05. The maximum Gasteiger partial charge on any atom is 0.307 e. The van der Waals surface area contributed by atoms with Crippen molar-refractivity contribution in [3.05, 3.63) is 34.8 Å². The van der Waals surface area contributed by atoms with Crippen LogP contribution in [0.15, 0.2) is 34.2 Å². The average Bonchev–Trinajstić information content (AvgIpc) is 2.35. The van der Waals surface area contributed by atoms with Crippen LogP contribution in [0.5, 0.6) is 5.75 Å². The minimum absolute atomic E-state index is 0.0148. The van der Waals surface area contributed by atoms with E-state index in [2.05, 4.69) is 27.2 Å². The van der Waals surface area contributed by atoms with E-state index >= 15 is 0 Å². The van der Waals surface area contributed by atoms with Gasteiger partial charge in [-0.1, -0.05) is 22.5 Å². The molecule has 6 nitrogen and oxygen atoms in total. The van der Waals surface area contributed by atoms with Crippen LogP contribution in [0.1, 0.15) is 5.56 Å². The molecule has 0 bridgehead atoms. The van der Waals surface area contributed by atoms with Crippen LogP contribution in [0.25, 0.3) is 0 Å². The summed E-state index contributed by atoms with van der Waals surface area (Å²) in [6.07, 6.45) is -0.414. The molecule has 0 radical (unpaired) electrons. The van der Waals surface area contributed by atoms with Crippen molar-refractivity contribution in [1.82, 2.24) is 4.72 Å². The Balaban J connectivity index is 3.21. The van der Waals surface area contributed by atoms with E-state index in [1.807, 2.05) is 0 Å². The van der Waals surface area contributed by atoms with Gasteiger partial charge in [0.15, 0.2) is 0 Å². The SMILES string of the molecule is C=C(Br)CNS(=O)(=O)c1ccc(OC)cc1CC(=O)O. The smallest absolute Gasteiger partial charge is 0.307 e. The molecular weight excluding hydrogens is 350 g/mol. The van der Waals surface area contributed by atoms with Crippen LogP contribution in [-0.2, 0) is 21.2 Å². The van der Waals surface area contributed by atoms with Crippen LogP contribution < -0.4 is 9.46 Å². The molecule has 1 rings (SSSR count). The molecule has 8 heteroatoms. The van der Waals surface area contributed by atoms with Crippen LogP contribution in [0.3, 0.4) is 0 Å². The summed E-state index contributed by atoms with van der Waals surface area (Å²) in [6.45, 7) is 3.54. The van der Waals surface area contributed by atoms with Crippen LogP contribution in [0.2, 0.25) is 0 Å². The Bertz CT molecular complexity index is 627. The Morgan fingerprint density at radius 2 is 2.15 bits per heavy atom. The van der Waals surface area contributed by atoms with Gasteiger partial charge >= 0.3 is 5.97 Å². The zero-order valence-electron chi connectivity index (χ0n) is 10.7. The first-order chi connectivity index (χ1) is 9.26. The highest BCUT2D eigenvalue weighted by Gasteiger charge is 2.20. The van der Waals surface area contributed by atoms with E-state index in [-0.39, 0.29) is 17.0 Å². The van der Waals surface area contributed by atoms with Gasteiger partial charge in [0.25, 0.3) is 0 Å². The molecule has 0 saturated heterocycles. The Morgan fingerprint density at radius 3 is 2.65 bits per heavy atom. The lowest BCUT2D eigenvalue weighted by atomic mass is 10.1. The summed E-state index contributed by atoms with van der Waals surface area (Å²) in [5.41, 5.74) is 0.157. The minimum Gasteiger partial charge on any atom is -0.497 e. The van der Waals surface area contributed by atoms with Crippen molar-refractivity contribution >= 4 is 31.9 Å². The second-order valence-corrected chi connectivity index (χ2v) is 6.74. The summed E-state index contributed by atoms with van der Waals surface area (Å²) < 4.78 is 32.0. The number of hydrogen-bond donors (Lipinski definition) is 2. The lowest BCUT2D eigenvalue weighted by Crippen LogP contribution is -2.26. The highest BCUT2D eigenvalue weighted by atomic mass is 79.9. The van der Waals surface area contributed by atoms with Crippen molar-refractivity contribution in [2.75, 3.05) is 13.7 Å². The van der Waals surface area contributed by atoms with Crippen molar-refractivity contribution in [2.24, 2.45) is 0 Å². The van der Waals surface area contributed by atoms with Crippen molar-refractivity contribution in [2.45, 2.75) is 11.3 Å². The molecule has 110 valence electrons. The largest absolute Gasteiger partial charge is 0.497 e. The monoisotopic (exact) mass is 363 g/mol. The highest BCUT2D eigenvalue weighted by molar-refractivity contribution is 9.11. The molecule has 0 aliphatic carbocycles. The van der Waals surface area contributed by atoms with Gasteiger partial charge in [0.1, 0.15) is 5.75 Å². The number of benzene rings is 1. The van der Waals surface area contributed by atoms with Gasteiger partial charge in [0, 0.05) is 11.0 Å². The highest BCUT2D eigenvalue weighted by Crippen LogP contribution is 2.22. The first-order valence-electron chi connectivity index (χ1n) is 5.48. The van der Waals surface area contributed by atoms with Crippen molar-refractivity contribution in [3.63, 3.8) is 0 Å². The van der Waals surface area contributed by atoms with Gasteiger partial charge < -0.3 is 9.84 Å².